The first-order chi connectivity index (χ1) is 13.0. The Bertz CT molecular complexity index is 811. The summed E-state index contributed by atoms with van der Waals surface area (Å²) in [5.41, 5.74) is 4.87. The minimum Gasteiger partial charge on any atom is -0.393 e. The Balaban J connectivity index is 1.45. The molecule has 0 bridgehead atoms. The molecule has 1 aromatic heterocycles. The minimum absolute atomic E-state index is 0.111. The van der Waals surface area contributed by atoms with Crippen molar-refractivity contribution < 1.29 is 5.11 Å². The number of aromatic nitrogens is 1. The molecule has 2 N–H and O–H groups in total. The van der Waals surface area contributed by atoms with E-state index in [2.05, 4.69) is 36.7 Å². The van der Waals surface area contributed by atoms with Gasteiger partial charge in [-0.15, -0.1) is 11.3 Å². The van der Waals surface area contributed by atoms with Gasteiger partial charge in [0, 0.05) is 12.4 Å². The molecule has 1 aromatic rings. The SMILES string of the molecule is CNc1nc(C2=CC[C@H]3[C@@H]4CC=C5C[C@@H](O)CC[C@]5(C)[C@H]4CC[C@]23C)cs1. The number of thiazole rings is 1. The Labute approximate surface area is 167 Å². The van der Waals surface area contributed by atoms with Gasteiger partial charge in [-0.3, -0.25) is 0 Å². The van der Waals surface area contributed by atoms with E-state index in [1.54, 1.807) is 16.9 Å². The second-order valence-electron chi connectivity index (χ2n) is 9.75. The number of nitrogens with zero attached hydrogens (tertiary/aromatic N) is 1. The van der Waals surface area contributed by atoms with E-state index in [0.29, 0.717) is 5.41 Å². The van der Waals surface area contributed by atoms with Gasteiger partial charge in [0.15, 0.2) is 5.13 Å². The summed E-state index contributed by atoms with van der Waals surface area (Å²) in [6, 6.07) is 0. The Morgan fingerprint density at radius 3 is 2.70 bits per heavy atom. The van der Waals surface area contributed by atoms with Crippen LogP contribution in [0.3, 0.4) is 0 Å². The van der Waals surface area contributed by atoms with Crippen LogP contribution >= 0.6 is 11.3 Å². The summed E-state index contributed by atoms with van der Waals surface area (Å²) in [6.45, 7) is 5.02. The third-order valence-electron chi connectivity index (χ3n) is 8.65. The summed E-state index contributed by atoms with van der Waals surface area (Å²) in [4.78, 5) is 4.84. The van der Waals surface area contributed by atoms with E-state index in [1.165, 1.54) is 43.4 Å². The number of aliphatic hydroxyl groups is 1. The average molecular weight is 385 g/mol. The Morgan fingerprint density at radius 2 is 1.93 bits per heavy atom. The Morgan fingerprint density at radius 1 is 1.11 bits per heavy atom. The molecule has 6 atom stereocenters. The van der Waals surface area contributed by atoms with Gasteiger partial charge in [0.1, 0.15) is 0 Å². The fourth-order valence-electron chi connectivity index (χ4n) is 7.12. The molecule has 5 rings (SSSR count). The predicted octanol–water partition coefficient (Wildman–Crippen LogP) is 5.50. The van der Waals surface area contributed by atoms with Crippen molar-refractivity contribution in [3.05, 3.63) is 28.8 Å². The van der Waals surface area contributed by atoms with Crippen LogP contribution in [0.25, 0.3) is 5.57 Å². The van der Waals surface area contributed by atoms with Crippen LogP contribution in [-0.2, 0) is 0 Å². The Hall–Kier alpha value is -1.13. The number of hydrogen-bond acceptors (Lipinski definition) is 4. The molecule has 1 heterocycles. The normalized spacial score (nSPS) is 43.3. The zero-order chi connectivity index (χ0) is 18.8. The summed E-state index contributed by atoms with van der Waals surface area (Å²) in [6.07, 6.45) is 13.0. The number of nitrogens with one attached hydrogen (secondary N) is 1. The lowest BCUT2D eigenvalue weighted by Crippen LogP contribution is -2.49. The highest BCUT2D eigenvalue weighted by Gasteiger charge is 2.56. The van der Waals surface area contributed by atoms with Crippen molar-refractivity contribution in [3.8, 4) is 0 Å². The molecular weight excluding hydrogens is 352 g/mol. The van der Waals surface area contributed by atoms with Crippen LogP contribution in [0.5, 0.6) is 0 Å². The van der Waals surface area contributed by atoms with Crippen molar-refractivity contribution in [3.63, 3.8) is 0 Å². The van der Waals surface area contributed by atoms with E-state index >= 15 is 0 Å². The number of allylic oxidation sites excluding steroid dienone is 3. The third kappa shape index (κ3) is 2.52. The predicted molar refractivity (Wildman–Crippen MR) is 113 cm³/mol. The molecule has 0 aliphatic heterocycles. The number of hydrogen-bond donors (Lipinski definition) is 2. The molecule has 4 aliphatic carbocycles. The molecule has 2 saturated carbocycles. The molecule has 4 aliphatic rings. The fraction of sp³-hybridized carbons (Fsp3) is 0.696. The Kier molecular flexibility index (Phi) is 4.11. The third-order valence-corrected chi connectivity index (χ3v) is 9.51. The highest BCUT2D eigenvalue weighted by atomic mass is 32.1. The highest BCUT2D eigenvalue weighted by Crippen LogP contribution is 2.66. The van der Waals surface area contributed by atoms with Crippen LogP contribution in [0, 0.1) is 28.6 Å². The summed E-state index contributed by atoms with van der Waals surface area (Å²) in [5, 5.41) is 16.6. The quantitative estimate of drug-likeness (QED) is 0.662. The molecule has 2 fully saturated rings. The smallest absolute Gasteiger partial charge is 0.182 e. The van der Waals surface area contributed by atoms with E-state index < -0.39 is 0 Å². The number of aliphatic hydroxyl groups excluding tert-OH is 1. The van der Waals surface area contributed by atoms with Crippen molar-refractivity contribution in [1.82, 2.24) is 4.98 Å². The first-order valence-electron chi connectivity index (χ1n) is 10.7. The second-order valence-corrected chi connectivity index (χ2v) is 10.6. The van der Waals surface area contributed by atoms with Crippen LogP contribution in [0.4, 0.5) is 5.13 Å². The first-order valence-corrected chi connectivity index (χ1v) is 11.6. The number of rotatable bonds is 2. The van der Waals surface area contributed by atoms with Crippen molar-refractivity contribution in [2.24, 2.45) is 28.6 Å². The van der Waals surface area contributed by atoms with Crippen molar-refractivity contribution >= 4 is 22.0 Å². The number of anilines is 1. The number of fused-ring (bicyclic) bond motifs is 5. The van der Waals surface area contributed by atoms with Gasteiger partial charge in [0.2, 0.25) is 0 Å². The van der Waals surface area contributed by atoms with Gasteiger partial charge >= 0.3 is 0 Å². The molecule has 3 nitrogen and oxygen atoms in total. The van der Waals surface area contributed by atoms with Gasteiger partial charge in [-0.1, -0.05) is 31.6 Å². The summed E-state index contributed by atoms with van der Waals surface area (Å²) >= 11 is 1.72. The van der Waals surface area contributed by atoms with Gasteiger partial charge in [-0.25, -0.2) is 4.98 Å². The monoisotopic (exact) mass is 384 g/mol. The maximum atomic E-state index is 10.2. The molecule has 146 valence electrons. The first kappa shape index (κ1) is 17.9. The van der Waals surface area contributed by atoms with Crippen molar-refractivity contribution in [1.29, 1.82) is 0 Å². The maximum Gasteiger partial charge on any atom is 0.182 e. The van der Waals surface area contributed by atoms with E-state index in [-0.39, 0.29) is 11.5 Å². The van der Waals surface area contributed by atoms with E-state index in [4.69, 9.17) is 4.98 Å². The summed E-state index contributed by atoms with van der Waals surface area (Å²) in [7, 11) is 1.95. The molecule has 0 unspecified atom stereocenters. The topological polar surface area (TPSA) is 45.2 Å². The van der Waals surface area contributed by atoms with Crippen LogP contribution in [0.2, 0.25) is 0 Å². The molecule has 0 spiro atoms. The highest BCUT2D eigenvalue weighted by molar-refractivity contribution is 7.13. The fourth-order valence-corrected chi connectivity index (χ4v) is 7.79. The molecule has 0 amide bonds. The van der Waals surface area contributed by atoms with Gasteiger partial charge in [-0.2, -0.15) is 0 Å². The van der Waals surface area contributed by atoms with Crippen LogP contribution < -0.4 is 5.32 Å². The lowest BCUT2D eigenvalue weighted by molar-refractivity contribution is -0.0238. The van der Waals surface area contributed by atoms with E-state index in [1.807, 2.05) is 7.05 Å². The minimum atomic E-state index is -0.111. The second kappa shape index (κ2) is 6.18. The average Bonchev–Trinajstić information content (AvgIpc) is 3.25. The zero-order valence-corrected chi connectivity index (χ0v) is 17.6. The lowest BCUT2D eigenvalue weighted by Gasteiger charge is -2.57. The van der Waals surface area contributed by atoms with Gasteiger partial charge in [-0.05, 0) is 79.1 Å². The van der Waals surface area contributed by atoms with Crippen LogP contribution in [0.1, 0.15) is 64.5 Å². The summed E-state index contributed by atoms with van der Waals surface area (Å²) in [5.74, 6) is 2.32. The maximum absolute atomic E-state index is 10.2. The van der Waals surface area contributed by atoms with Crippen LogP contribution in [-0.4, -0.2) is 23.2 Å². The molecule has 4 heteroatoms. The lowest BCUT2D eigenvalue weighted by atomic mass is 9.47. The van der Waals surface area contributed by atoms with Gasteiger partial charge < -0.3 is 10.4 Å². The van der Waals surface area contributed by atoms with E-state index in [9.17, 15) is 5.11 Å². The van der Waals surface area contributed by atoms with E-state index in [0.717, 1.165) is 35.7 Å². The molecule has 27 heavy (non-hydrogen) atoms. The largest absolute Gasteiger partial charge is 0.393 e. The van der Waals surface area contributed by atoms with Gasteiger partial charge in [0.05, 0.1) is 11.8 Å². The molecule has 0 radical (unpaired) electrons. The zero-order valence-electron chi connectivity index (χ0n) is 16.8. The van der Waals surface area contributed by atoms with Crippen molar-refractivity contribution in [2.75, 3.05) is 12.4 Å². The van der Waals surface area contributed by atoms with Gasteiger partial charge in [0.25, 0.3) is 0 Å². The molecule has 0 saturated heterocycles. The summed E-state index contributed by atoms with van der Waals surface area (Å²) < 4.78 is 0. The van der Waals surface area contributed by atoms with Crippen LogP contribution in [0.15, 0.2) is 23.1 Å². The molecule has 0 aromatic carbocycles. The molecular formula is C23H32N2OS. The standard InChI is InChI=1S/C23H32N2OS/c1-22-10-8-15(26)12-14(22)4-5-16-17-6-7-19(20-13-27-21(24-3)25-20)23(17,2)11-9-18(16)22/h4,7,13,15-18,26H,5-6,8-12H2,1-3H3,(H,24,25)/t15-,16-,17-,18-,22-,23-/m0/s1. The van der Waals surface area contributed by atoms with Crippen molar-refractivity contribution in [2.45, 2.75) is 64.9 Å².